The lowest BCUT2D eigenvalue weighted by Crippen LogP contribution is -2.43. The second kappa shape index (κ2) is 12.8. The minimum Gasteiger partial charge on any atom is -0.223 e. The Kier molecular flexibility index (Phi) is 9.37. The Morgan fingerprint density at radius 2 is 0.717 bits per heavy atom. The van der Waals surface area contributed by atoms with Crippen LogP contribution in [-0.2, 0) is 0 Å². The highest BCUT2D eigenvalue weighted by atomic mass is 28.3. The maximum absolute atomic E-state index is 4.98. The molecule has 0 saturated carbocycles. The van der Waals surface area contributed by atoms with Crippen LogP contribution in [0.5, 0.6) is 0 Å². The van der Waals surface area contributed by atoms with E-state index in [1.807, 2.05) is 36.4 Å². The zero-order chi connectivity index (χ0) is 33.6. The molecule has 2 aromatic carbocycles. The Morgan fingerprint density at radius 1 is 0.413 bits per heavy atom. The maximum Gasteiger partial charge on any atom is 0.200 e. The molecule has 0 spiro atoms. The van der Waals surface area contributed by atoms with Gasteiger partial charge in [-0.05, 0) is 57.5 Å². The lowest BCUT2D eigenvalue weighted by atomic mass is 10.2. The number of hydrogen-bond donors (Lipinski definition) is 0. The normalized spacial score (nSPS) is 12.7. The van der Waals surface area contributed by atoms with Gasteiger partial charge in [-0.1, -0.05) is 107 Å². The lowest BCUT2D eigenvalue weighted by molar-refractivity contribution is 0.838. The van der Waals surface area contributed by atoms with Crippen LogP contribution in [0.15, 0.2) is 36.4 Å². The summed E-state index contributed by atoms with van der Waals surface area (Å²) in [5.74, 6) is 7.15. The van der Waals surface area contributed by atoms with Gasteiger partial charge in [0, 0.05) is 0 Å². The molecule has 0 saturated heterocycles. The van der Waals surface area contributed by atoms with Crippen molar-refractivity contribution in [3.8, 4) is 22.9 Å². The second-order valence-electron chi connectivity index (χ2n) is 14.6. The number of para-hydroxylation sites is 2. The van der Waals surface area contributed by atoms with Gasteiger partial charge in [0.25, 0.3) is 0 Å². The van der Waals surface area contributed by atoms with Gasteiger partial charge in [-0.15, -0.1) is 11.1 Å². The fraction of sp³-hybridized carbons (Fsp3) is 0.474. The zero-order valence-corrected chi connectivity index (χ0v) is 31.6. The standard InChI is InChI=1S/C38H48N6Si2/c1-23(2)45(24(3)4,25(5)6)21-19-29-15-13-17-31-33(29)41-37-35(39-31)43-36-38(44-37)42-34-30(16-14-18-32(34)40-36)20-22-46(26(7)8,27(9)10)28(11)12/h13-18,23-28H,1-12H3. The molecule has 0 N–H and O–H groups in total. The van der Waals surface area contributed by atoms with Crippen LogP contribution in [0, 0.1) is 22.9 Å². The monoisotopic (exact) mass is 644 g/mol. The van der Waals surface area contributed by atoms with Crippen molar-refractivity contribution < 1.29 is 0 Å². The van der Waals surface area contributed by atoms with Crippen LogP contribution < -0.4 is 0 Å². The maximum atomic E-state index is 4.98. The third-order valence-corrected chi connectivity index (χ3v) is 22.9. The molecule has 3 aromatic heterocycles. The van der Waals surface area contributed by atoms with Crippen LogP contribution in [0.4, 0.5) is 0 Å². The molecule has 5 rings (SSSR count). The van der Waals surface area contributed by atoms with Crippen LogP contribution in [0.1, 0.15) is 94.2 Å². The van der Waals surface area contributed by atoms with E-state index in [0.29, 0.717) is 55.8 Å². The Labute approximate surface area is 276 Å². The molecule has 3 heterocycles. The van der Waals surface area contributed by atoms with Crippen molar-refractivity contribution in [3.63, 3.8) is 0 Å². The molecule has 0 fully saturated rings. The van der Waals surface area contributed by atoms with E-state index < -0.39 is 16.1 Å². The Bertz CT molecular complexity index is 1870. The van der Waals surface area contributed by atoms with E-state index >= 15 is 0 Å². The van der Waals surface area contributed by atoms with E-state index in [-0.39, 0.29) is 0 Å². The summed E-state index contributed by atoms with van der Waals surface area (Å²) < 4.78 is 0. The van der Waals surface area contributed by atoms with E-state index in [9.17, 15) is 0 Å². The number of hydrogen-bond acceptors (Lipinski definition) is 6. The summed E-state index contributed by atoms with van der Waals surface area (Å²) >= 11 is 0. The molecular formula is C38H48N6Si2. The predicted octanol–water partition coefficient (Wildman–Crippen LogP) is 9.81. The van der Waals surface area contributed by atoms with Crippen molar-refractivity contribution in [2.24, 2.45) is 0 Å². The van der Waals surface area contributed by atoms with Gasteiger partial charge in [0.1, 0.15) is 27.2 Å². The van der Waals surface area contributed by atoms with Gasteiger partial charge in [0.15, 0.2) is 0 Å². The van der Waals surface area contributed by atoms with Gasteiger partial charge in [0.2, 0.25) is 22.6 Å². The summed E-state index contributed by atoms with van der Waals surface area (Å²) in [6.45, 7) is 28.0. The van der Waals surface area contributed by atoms with Gasteiger partial charge in [0.05, 0.1) is 22.2 Å². The quantitative estimate of drug-likeness (QED) is 0.104. The van der Waals surface area contributed by atoms with Crippen molar-refractivity contribution in [2.45, 2.75) is 116 Å². The summed E-state index contributed by atoms with van der Waals surface area (Å²) in [7, 11) is -3.84. The third kappa shape index (κ3) is 5.71. The molecule has 8 heteroatoms. The van der Waals surface area contributed by atoms with Crippen molar-refractivity contribution in [1.29, 1.82) is 0 Å². The molecule has 0 aliphatic rings. The molecule has 0 bridgehead atoms. The van der Waals surface area contributed by atoms with E-state index in [2.05, 4.69) is 106 Å². The molecule has 6 nitrogen and oxygen atoms in total. The van der Waals surface area contributed by atoms with Gasteiger partial charge >= 0.3 is 0 Å². The van der Waals surface area contributed by atoms with Crippen LogP contribution in [-0.4, -0.2) is 46.1 Å². The first-order valence-corrected chi connectivity index (χ1v) is 21.3. The number of nitrogens with zero attached hydrogens (tertiary/aromatic N) is 6. The summed E-state index contributed by atoms with van der Waals surface area (Å²) in [6.07, 6.45) is 0. The number of fused-ring (bicyclic) bond motifs is 4. The Hall–Kier alpha value is -3.73. The molecule has 238 valence electrons. The molecular weight excluding hydrogens is 597 g/mol. The van der Waals surface area contributed by atoms with Gasteiger partial charge in [-0.2, -0.15) is 0 Å². The largest absolute Gasteiger partial charge is 0.223 e. The minimum absolute atomic E-state index is 0.442. The topological polar surface area (TPSA) is 77.3 Å². The summed E-state index contributed by atoms with van der Waals surface area (Å²) in [5, 5.41) is 0. The first kappa shape index (κ1) is 33.6. The summed E-state index contributed by atoms with van der Waals surface area (Å²) in [5.41, 5.74) is 17.5. The average molecular weight is 645 g/mol. The lowest BCUT2D eigenvalue weighted by Gasteiger charge is -2.38. The SMILES string of the molecule is CC(C)[Si](C#Cc1cccc2nc3nc4nc5cccc(C#C[Si](C(C)C)(C(C)C)C(C)C)c5nc4nc3nc12)(C(C)C)C(C)C. The van der Waals surface area contributed by atoms with Crippen LogP contribution in [0.3, 0.4) is 0 Å². The van der Waals surface area contributed by atoms with Gasteiger partial charge in [-0.25, -0.2) is 29.9 Å². The van der Waals surface area contributed by atoms with Crippen LogP contribution >= 0.6 is 0 Å². The van der Waals surface area contributed by atoms with Crippen LogP contribution in [0.2, 0.25) is 33.2 Å². The molecule has 46 heavy (non-hydrogen) atoms. The van der Waals surface area contributed by atoms with E-state index in [4.69, 9.17) is 29.9 Å². The highest BCUT2D eigenvalue weighted by Gasteiger charge is 2.42. The minimum atomic E-state index is -1.92. The molecule has 0 amide bonds. The van der Waals surface area contributed by atoms with Gasteiger partial charge in [-0.3, -0.25) is 0 Å². The highest BCUT2D eigenvalue weighted by Crippen LogP contribution is 2.42. The fourth-order valence-electron chi connectivity index (χ4n) is 8.04. The van der Waals surface area contributed by atoms with Crippen molar-refractivity contribution in [1.82, 2.24) is 29.9 Å². The molecule has 0 aliphatic carbocycles. The number of benzene rings is 2. The number of aromatic nitrogens is 6. The van der Waals surface area contributed by atoms with E-state index in [1.54, 1.807) is 0 Å². The van der Waals surface area contributed by atoms with Crippen LogP contribution in [0.25, 0.3) is 44.7 Å². The zero-order valence-electron chi connectivity index (χ0n) is 29.6. The highest BCUT2D eigenvalue weighted by molar-refractivity contribution is 6.91. The first-order valence-electron chi connectivity index (χ1n) is 16.8. The Morgan fingerprint density at radius 3 is 1.02 bits per heavy atom. The fourth-order valence-corrected chi connectivity index (χ4v) is 18.5. The van der Waals surface area contributed by atoms with E-state index in [1.165, 1.54) is 0 Å². The molecule has 0 radical (unpaired) electrons. The van der Waals surface area contributed by atoms with Crippen molar-refractivity contribution >= 4 is 60.8 Å². The average Bonchev–Trinajstić information content (AvgIpc) is 2.97. The van der Waals surface area contributed by atoms with Crippen molar-refractivity contribution in [2.75, 3.05) is 0 Å². The third-order valence-electron chi connectivity index (χ3n) is 10.3. The van der Waals surface area contributed by atoms with Gasteiger partial charge < -0.3 is 0 Å². The molecule has 5 aromatic rings. The second-order valence-corrected chi connectivity index (χ2v) is 25.8. The number of rotatable bonds is 6. The van der Waals surface area contributed by atoms with Crippen molar-refractivity contribution in [3.05, 3.63) is 47.5 Å². The summed E-state index contributed by atoms with van der Waals surface area (Å²) in [6, 6.07) is 12.0. The molecule has 0 aliphatic heterocycles. The predicted molar refractivity (Wildman–Crippen MR) is 199 cm³/mol. The first-order chi connectivity index (χ1) is 21.7. The molecule has 0 atom stereocenters. The van der Waals surface area contributed by atoms with E-state index in [0.717, 1.165) is 33.2 Å². The molecule has 0 unspecified atom stereocenters. The summed E-state index contributed by atoms with van der Waals surface area (Å²) in [4.78, 5) is 29.3. The smallest absolute Gasteiger partial charge is 0.200 e. The Balaban J connectivity index is 1.68.